The van der Waals surface area contributed by atoms with E-state index >= 15 is 0 Å². The van der Waals surface area contributed by atoms with Gasteiger partial charge in [-0.25, -0.2) is 4.39 Å². The van der Waals surface area contributed by atoms with Crippen LogP contribution in [-0.2, 0) is 0 Å². The minimum absolute atomic E-state index is 0.0579. The summed E-state index contributed by atoms with van der Waals surface area (Å²) >= 11 is 0. The molecule has 0 aromatic heterocycles. The first-order valence-electron chi connectivity index (χ1n) is 4.97. The molecule has 0 bridgehead atoms. The van der Waals surface area contributed by atoms with E-state index in [9.17, 15) is 9.18 Å². The molecule has 0 spiro atoms. The molecule has 1 aromatic carbocycles. The Morgan fingerprint density at radius 2 is 2.33 bits per heavy atom. The minimum atomic E-state index is -0.385. The Morgan fingerprint density at radius 3 is 2.93 bits per heavy atom. The fraction of sp³-hybridized carbons (Fsp3) is 0.364. The first-order chi connectivity index (χ1) is 7.16. The van der Waals surface area contributed by atoms with Gasteiger partial charge in [0.25, 0.3) is 5.91 Å². The third-order valence-corrected chi connectivity index (χ3v) is 2.58. The average molecular weight is 208 g/mol. The van der Waals surface area contributed by atoms with Gasteiger partial charge < -0.3 is 10.6 Å². The molecule has 0 unspecified atom stereocenters. The zero-order valence-electron chi connectivity index (χ0n) is 8.32. The molecule has 1 saturated heterocycles. The lowest BCUT2D eigenvalue weighted by atomic mass is 10.2. The minimum Gasteiger partial charge on any atom is -0.337 e. The summed E-state index contributed by atoms with van der Waals surface area (Å²) in [5, 5.41) is 0. The van der Waals surface area contributed by atoms with Crippen molar-refractivity contribution in [3.63, 3.8) is 0 Å². The van der Waals surface area contributed by atoms with E-state index in [0.29, 0.717) is 18.7 Å². The van der Waals surface area contributed by atoms with Crippen LogP contribution in [0.15, 0.2) is 24.3 Å². The smallest absolute Gasteiger partial charge is 0.254 e. The molecule has 15 heavy (non-hydrogen) atoms. The van der Waals surface area contributed by atoms with Crippen molar-refractivity contribution >= 4 is 5.91 Å². The zero-order valence-corrected chi connectivity index (χ0v) is 8.32. The Labute approximate surface area is 87.7 Å². The number of nitrogens with two attached hydrogens (primary N) is 1. The zero-order chi connectivity index (χ0) is 10.8. The molecular formula is C11H13FN2O. The van der Waals surface area contributed by atoms with Crippen molar-refractivity contribution in [2.24, 2.45) is 5.73 Å². The summed E-state index contributed by atoms with van der Waals surface area (Å²) in [6.45, 7) is 1.23. The molecule has 1 aliphatic rings. The number of hydrogen-bond acceptors (Lipinski definition) is 2. The van der Waals surface area contributed by atoms with E-state index in [2.05, 4.69) is 0 Å². The van der Waals surface area contributed by atoms with Crippen LogP contribution >= 0.6 is 0 Å². The van der Waals surface area contributed by atoms with Crippen LogP contribution in [0.1, 0.15) is 16.8 Å². The van der Waals surface area contributed by atoms with Crippen LogP contribution in [-0.4, -0.2) is 29.9 Å². The van der Waals surface area contributed by atoms with Crippen molar-refractivity contribution in [3.05, 3.63) is 35.6 Å². The maximum absolute atomic E-state index is 12.9. The van der Waals surface area contributed by atoms with Gasteiger partial charge in [0.15, 0.2) is 0 Å². The SMILES string of the molecule is N[C@H]1CCN(C(=O)c2cccc(F)c2)C1. The van der Waals surface area contributed by atoms with Gasteiger partial charge in [0.1, 0.15) is 5.82 Å². The number of amides is 1. The van der Waals surface area contributed by atoms with Gasteiger partial charge in [-0.15, -0.1) is 0 Å². The molecule has 1 atom stereocenters. The molecule has 1 aromatic rings. The van der Waals surface area contributed by atoms with Crippen LogP contribution < -0.4 is 5.73 Å². The van der Waals surface area contributed by atoms with E-state index in [-0.39, 0.29) is 17.8 Å². The Morgan fingerprint density at radius 1 is 1.53 bits per heavy atom. The first-order valence-corrected chi connectivity index (χ1v) is 4.97. The quantitative estimate of drug-likeness (QED) is 0.748. The van der Waals surface area contributed by atoms with Crippen molar-refractivity contribution < 1.29 is 9.18 Å². The molecule has 1 heterocycles. The Kier molecular flexibility index (Phi) is 2.68. The van der Waals surface area contributed by atoms with Crippen molar-refractivity contribution in [2.75, 3.05) is 13.1 Å². The Balaban J connectivity index is 2.14. The van der Waals surface area contributed by atoms with E-state index in [1.807, 2.05) is 0 Å². The maximum atomic E-state index is 12.9. The molecular weight excluding hydrogens is 195 g/mol. The van der Waals surface area contributed by atoms with Gasteiger partial charge in [0, 0.05) is 24.7 Å². The van der Waals surface area contributed by atoms with Gasteiger partial charge in [-0.05, 0) is 24.6 Å². The Bertz CT molecular complexity index is 381. The molecule has 0 radical (unpaired) electrons. The monoisotopic (exact) mass is 208 g/mol. The number of halogens is 1. The van der Waals surface area contributed by atoms with Crippen LogP contribution in [0.3, 0.4) is 0 Å². The van der Waals surface area contributed by atoms with Crippen molar-refractivity contribution in [1.29, 1.82) is 0 Å². The van der Waals surface area contributed by atoms with Crippen molar-refractivity contribution in [1.82, 2.24) is 4.90 Å². The van der Waals surface area contributed by atoms with E-state index in [1.165, 1.54) is 12.1 Å². The highest BCUT2D eigenvalue weighted by atomic mass is 19.1. The molecule has 2 rings (SSSR count). The topological polar surface area (TPSA) is 46.3 Å². The highest BCUT2D eigenvalue weighted by Gasteiger charge is 2.24. The summed E-state index contributed by atoms with van der Waals surface area (Å²) < 4.78 is 12.9. The van der Waals surface area contributed by atoms with Crippen LogP contribution in [0.25, 0.3) is 0 Å². The molecule has 0 aliphatic carbocycles. The molecule has 4 heteroatoms. The van der Waals surface area contributed by atoms with Crippen molar-refractivity contribution in [3.8, 4) is 0 Å². The van der Waals surface area contributed by atoms with Gasteiger partial charge in [0.05, 0.1) is 0 Å². The number of nitrogens with zero attached hydrogens (tertiary/aromatic N) is 1. The first kappa shape index (κ1) is 10.1. The normalized spacial score (nSPS) is 20.7. The van der Waals surface area contributed by atoms with E-state index in [0.717, 1.165) is 6.42 Å². The number of likely N-dealkylation sites (tertiary alicyclic amines) is 1. The Hall–Kier alpha value is -1.42. The number of hydrogen-bond donors (Lipinski definition) is 1. The summed E-state index contributed by atoms with van der Waals surface area (Å²) in [5.74, 6) is -0.521. The molecule has 3 nitrogen and oxygen atoms in total. The third kappa shape index (κ3) is 2.15. The number of carbonyl (C=O) groups is 1. The molecule has 2 N–H and O–H groups in total. The van der Waals surface area contributed by atoms with Crippen LogP contribution in [0.4, 0.5) is 4.39 Å². The second-order valence-electron chi connectivity index (χ2n) is 3.81. The van der Waals surface area contributed by atoms with Crippen LogP contribution in [0, 0.1) is 5.82 Å². The lowest BCUT2D eigenvalue weighted by Crippen LogP contribution is -2.31. The predicted octanol–water partition coefficient (Wildman–Crippen LogP) is 0.999. The van der Waals surface area contributed by atoms with E-state index < -0.39 is 0 Å². The van der Waals surface area contributed by atoms with Crippen molar-refractivity contribution in [2.45, 2.75) is 12.5 Å². The predicted molar refractivity (Wildman–Crippen MR) is 54.9 cm³/mol. The summed E-state index contributed by atoms with van der Waals surface area (Å²) in [6.07, 6.45) is 0.820. The summed E-state index contributed by atoms with van der Waals surface area (Å²) in [7, 11) is 0. The molecule has 1 amide bonds. The number of carbonyl (C=O) groups excluding carboxylic acids is 1. The van der Waals surface area contributed by atoms with E-state index in [1.54, 1.807) is 17.0 Å². The van der Waals surface area contributed by atoms with Gasteiger partial charge >= 0.3 is 0 Å². The summed E-state index contributed by atoms with van der Waals surface area (Å²) in [6, 6.07) is 5.80. The number of benzene rings is 1. The molecule has 80 valence electrons. The lowest BCUT2D eigenvalue weighted by molar-refractivity contribution is 0.0790. The second kappa shape index (κ2) is 3.98. The second-order valence-corrected chi connectivity index (χ2v) is 3.81. The fourth-order valence-electron chi connectivity index (χ4n) is 1.78. The largest absolute Gasteiger partial charge is 0.337 e. The van der Waals surface area contributed by atoms with Gasteiger partial charge in [-0.2, -0.15) is 0 Å². The lowest BCUT2D eigenvalue weighted by Gasteiger charge is -2.15. The molecule has 1 fully saturated rings. The highest BCUT2D eigenvalue weighted by Crippen LogP contribution is 2.13. The standard InChI is InChI=1S/C11H13FN2O/c12-9-3-1-2-8(6-9)11(15)14-5-4-10(13)7-14/h1-3,6,10H,4-5,7,13H2/t10-/m0/s1. The van der Waals surface area contributed by atoms with Gasteiger partial charge in [-0.3, -0.25) is 4.79 Å². The molecule has 1 aliphatic heterocycles. The summed E-state index contributed by atoms with van der Waals surface area (Å²) in [5.41, 5.74) is 6.10. The van der Waals surface area contributed by atoms with E-state index in [4.69, 9.17) is 5.73 Å². The fourth-order valence-corrected chi connectivity index (χ4v) is 1.78. The van der Waals surface area contributed by atoms with Gasteiger partial charge in [-0.1, -0.05) is 6.07 Å². The van der Waals surface area contributed by atoms with Gasteiger partial charge in [0.2, 0.25) is 0 Å². The highest BCUT2D eigenvalue weighted by molar-refractivity contribution is 5.94. The maximum Gasteiger partial charge on any atom is 0.254 e. The number of rotatable bonds is 1. The van der Waals surface area contributed by atoms with Crippen LogP contribution in [0.2, 0.25) is 0 Å². The molecule has 0 saturated carbocycles. The average Bonchev–Trinajstić information content (AvgIpc) is 2.64. The van der Waals surface area contributed by atoms with Crippen LogP contribution in [0.5, 0.6) is 0 Å². The third-order valence-electron chi connectivity index (χ3n) is 2.58. The summed E-state index contributed by atoms with van der Waals surface area (Å²) in [4.78, 5) is 13.5.